The quantitative estimate of drug-likeness (QED) is 0.875. The van der Waals surface area contributed by atoms with Gasteiger partial charge >= 0.3 is 5.17 Å². The van der Waals surface area contributed by atoms with E-state index in [2.05, 4.69) is 59.6 Å². The second-order valence-electron chi connectivity index (χ2n) is 4.72. The lowest BCUT2D eigenvalue weighted by molar-refractivity contribution is -0.511. The third-order valence-corrected chi connectivity index (χ3v) is 4.53. The second kappa shape index (κ2) is 5.49. The van der Waals surface area contributed by atoms with Gasteiger partial charge in [0, 0.05) is 11.7 Å². The van der Waals surface area contributed by atoms with Gasteiger partial charge in [-0.05, 0) is 22.9 Å². The summed E-state index contributed by atoms with van der Waals surface area (Å²) >= 11 is 1.72. The van der Waals surface area contributed by atoms with Gasteiger partial charge in [0.05, 0.1) is 0 Å². The highest BCUT2D eigenvalue weighted by molar-refractivity contribution is 8.13. The number of nitrogens with two attached hydrogens (primary N) is 1. The van der Waals surface area contributed by atoms with E-state index < -0.39 is 0 Å². The van der Waals surface area contributed by atoms with E-state index in [0.29, 0.717) is 11.3 Å². The molecule has 1 heterocycles. The van der Waals surface area contributed by atoms with Gasteiger partial charge in [0.25, 0.3) is 0 Å². The minimum atomic E-state index is 0.299. The summed E-state index contributed by atoms with van der Waals surface area (Å²) in [5, 5.41) is 1.24. The summed E-state index contributed by atoms with van der Waals surface area (Å²) in [7, 11) is 0. The lowest BCUT2D eigenvalue weighted by Crippen LogP contribution is -2.77. The Hall–Kier alpha value is -1.74. The minimum Gasteiger partial charge on any atom is -0.282 e. The summed E-state index contributed by atoms with van der Waals surface area (Å²) < 4.78 is 0. The first-order valence-corrected chi connectivity index (χ1v) is 7.36. The van der Waals surface area contributed by atoms with Gasteiger partial charge in [-0.15, -0.1) is 0 Å². The Morgan fingerprint density at radius 3 is 2.11 bits per heavy atom. The Kier molecular flexibility index (Phi) is 3.56. The number of rotatable bonds is 2. The zero-order valence-electron chi connectivity index (χ0n) is 10.6. The van der Waals surface area contributed by atoms with Crippen molar-refractivity contribution < 1.29 is 4.99 Å². The second-order valence-corrected chi connectivity index (χ2v) is 5.97. The Morgan fingerprint density at radius 1 is 0.895 bits per heavy atom. The number of nitrogens with one attached hydrogen (secondary N) is 1. The van der Waals surface area contributed by atoms with E-state index in [4.69, 9.17) is 5.73 Å². The van der Waals surface area contributed by atoms with Crippen molar-refractivity contribution in [3.63, 3.8) is 0 Å². The van der Waals surface area contributed by atoms with Crippen LogP contribution in [0.5, 0.6) is 0 Å². The molecule has 3 rings (SSSR count). The first kappa shape index (κ1) is 12.3. The molecule has 2 aromatic rings. The SMILES string of the molecule is NC1=[NH+][C@H](c2ccccc2)C[C@H](c2ccccc2)S1. The normalized spacial score (nSPS) is 22.8. The van der Waals surface area contributed by atoms with Crippen LogP contribution in [0.2, 0.25) is 0 Å². The summed E-state index contributed by atoms with van der Waals surface area (Å²) in [6.45, 7) is 0. The molecular weight excluding hydrogens is 252 g/mol. The number of hydrogen-bond acceptors (Lipinski definition) is 2. The van der Waals surface area contributed by atoms with E-state index in [-0.39, 0.29) is 0 Å². The monoisotopic (exact) mass is 269 g/mol. The van der Waals surface area contributed by atoms with Crippen molar-refractivity contribution in [2.24, 2.45) is 5.73 Å². The van der Waals surface area contributed by atoms with Crippen molar-refractivity contribution in [3.05, 3.63) is 71.8 Å². The molecule has 96 valence electrons. The van der Waals surface area contributed by atoms with E-state index in [1.54, 1.807) is 11.8 Å². The molecule has 0 saturated carbocycles. The van der Waals surface area contributed by atoms with Gasteiger partial charge in [-0.1, -0.05) is 60.7 Å². The first-order chi connectivity index (χ1) is 9.33. The molecule has 1 aliphatic rings. The number of benzene rings is 2. The zero-order chi connectivity index (χ0) is 13.1. The molecule has 0 bridgehead atoms. The van der Waals surface area contributed by atoms with Crippen molar-refractivity contribution in [2.75, 3.05) is 0 Å². The van der Waals surface area contributed by atoms with Crippen LogP contribution in [-0.4, -0.2) is 5.17 Å². The molecule has 19 heavy (non-hydrogen) atoms. The molecule has 0 saturated heterocycles. The first-order valence-electron chi connectivity index (χ1n) is 6.48. The third kappa shape index (κ3) is 2.82. The molecule has 0 unspecified atom stereocenters. The predicted molar refractivity (Wildman–Crippen MR) is 80.7 cm³/mol. The Balaban J connectivity index is 1.87. The maximum atomic E-state index is 6.06. The van der Waals surface area contributed by atoms with Crippen LogP contribution in [0.4, 0.5) is 0 Å². The summed E-state index contributed by atoms with van der Waals surface area (Å²) in [4.78, 5) is 3.39. The molecule has 0 amide bonds. The van der Waals surface area contributed by atoms with E-state index in [1.807, 2.05) is 6.07 Å². The van der Waals surface area contributed by atoms with Gasteiger partial charge in [-0.2, -0.15) is 0 Å². The Labute approximate surface area is 117 Å². The Morgan fingerprint density at radius 2 is 1.47 bits per heavy atom. The van der Waals surface area contributed by atoms with Gasteiger partial charge < -0.3 is 0 Å². The minimum absolute atomic E-state index is 0.299. The average Bonchev–Trinajstić information content (AvgIpc) is 2.48. The smallest absolute Gasteiger partial charge is 0.282 e. The largest absolute Gasteiger partial charge is 0.303 e. The lowest BCUT2D eigenvalue weighted by Gasteiger charge is -2.23. The maximum absolute atomic E-state index is 6.06. The highest BCUT2D eigenvalue weighted by Crippen LogP contribution is 2.36. The van der Waals surface area contributed by atoms with Crippen LogP contribution in [0.3, 0.4) is 0 Å². The molecule has 0 aliphatic carbocycles. The van der Waals surface area contributed by atoms with E-state index in [0.717, 1.165) is 11.6 Å². The van der Waals surface area contributed by atoms with Crippen LogP contribution in [-0.2, 0) is 0 Å². The van der Waals surface area contributed by atoms with E-state index in [9.17, 15) is 0 Å². The van der Waals surface area contributed by atoms with Crippen LogP contribution < -0.4 is 10.7 Å². The molecule has 3 heteroatoms. The van der Waals surface area contributed by atoms with Gasteiger partial charge in [0.15, 0.2) is 0 Å². The van der Waals surface area contributed by atoms with Gasteiger partial charge in [-0.25, -0.2) is 0 Å². The molecule has 0 spiro atoms. The molecule has 1 aliphatic heterocycles. The van der Waals surface area contributed by atoms with E-state index >= 15 is 0 Å². The fraction of sp³-hybridized carbons (Fsp3) is 0.188. The average molecular weight is 269 g/mol. The molecule has 0 fully saturated rings. The third-order valence-electron chi connectivity index (χ3n) is 3.41. The highest BCUT2D eigenvalue weighted by atomic mass is 32.2. The standard InChI is InChI=1S/C16H16N2S/c17-16-18-14(12-7-3-1-4-8-12)11-15(19-16)13-9-5-2-6-10-13/h1-10,14-15H,11H2,(H2,17,18)/p+1/t14-,15+/m0/s1. The molecular formula is C16H17N2S+. The van der Waals surface area contributed by atoms with Gasteiger partial charge in [0.1, 0.15) is 6.04 Å². The van der Waals surface area contributed by atoms with Crippen LogP contribution >= 0.6 is 11.8 Å². The van der Waals surface area contributed by atoms with E-state index in [1.165, 1.54) is 11.1 Å². The number of thioether (sulfide) groups is 1. The topological polar surface area (TPSA) is 40.0 Å². The summed E-state index contributed by atoms with van der Waals surface area (Å²) in [6, 6.07) is 21.4. The van der Waals surface area contributed by atoms with Crippen LogP contribution in [0, 0.1) is 0 Å². The molecule has 2 aromatic carbocycles. The molecule has 2 nitrogen and oxygen atoms in total. The van der Waals surface area contributed by atoms with Crippen LogP contribution in [0.1, 0.15) is 28.8 Å². The van der Waals surface area contributed by atoms with Crippen LogP contribution in [0.25, 0.3) is 0 Å². The van der Waals surface area contributed by atoms with Crippen molar-refractivity contribution in [1.82, 2.24) is 0 Å². The molecule has 0 aromatic heterocycles. The highest BCUT2D eigenvalue weighted by Gasteiger charge is 2.28. The summed E-state index contributed by atoms with van der Waals surface area (Å²) in [5.74, 6) is 0. The number of hydrogen-bond donors (Lipinski definition) is 2. The van der Waals surface area contributed by atoms with Crippen molar-refractivity contribution >= 4 is 16.9 Å². The van der Waals surface area contributed by atoms with Crippen molar-refractivity contribution in [2.45, 2.75) is 17.7 Å². The summed E-state index contributed by atoms with van der Waals surface area (Å²) in [5.41, 5.74) is 8.70. The molecule has 2 atom stereocenters. The fourth-order valence-electron chi connectivity index (χ4n) is 2.46. The van der Waals surface area contributed by atoms with Gasteiger partial charge in [0.2, 0.25) is 0 Å². The van der Waals surface area contributed by atoms with Crippen LogP contribution in [0.15, 0.2) is 60.7 Å². The maximum Gasteiger partial charge on any atom is 0.303 e. The molecule has 0 radical (unpaired) electrons. The fourth-order valence-corrected chi connectivity index (χ4v) is 3.56. The zero-order valence-corrected chi connectivity index (χ0v) is 11.4. The molecule has 3 N–H and O–H groups in total. The number of amidine groups is 1. The Bertz CT molecular complexity index is 566. The van der Waals surface area contributed by atoms with Crippen molar-refractivity contribution in [3.8, 4) is 0 Å². The van der Waals surface area contributed by atoms with Crippen molar-refractivity contribution in [1.29, 1.82) is 0 Å². The summed E-state index contributed by atoms with van der Waals surface area (Å²) in [6.07, 6.45) is 1.05. The lowest BCUT2D eigenvalue weighted by atomic mass is 9.99. The van der Waals surface area contributed by atoms with Gasteiger partial charge in [-0.3, -0.25) is 10.7 Å². The predicted octanol–water partition coefficient (Wildman–Crippen LogP) is 2.00.